The smallest absolute Gasteiger partial charge is 0.258 e. The van der Waals surface area contributed by atoms with Crippen molar-refractivity contribution in [1.29, 1.82) is 0 Å². The number of carbonyl (C=O) groups excluding carboxylic acids is 2. The van der Waals surface area contributed by atoms with Gasteiger partial charge < -0.3 is 15.4 Å². The van der Waals surface area contributed by atoms with Crippen LogP contribution in [0.1, 0.15) is 35.8 Å². The van der Waals surface area contributed by atoms with Crippen LogP contribution in [0.2, 0.25) is 0 Å². The summed E-state index contributed by atoms with van der Waals surface area (Å²) in [6, 6.07) is 6.99. The number of amides is 2. The van der Waals surface area contributed by atoms with E-state index in [1.54, 1.807) is 42.5 Å². The molecular weight excluding hydrogens is 338 g/mol. The Bertz CT molecular complexity index is 743. The summed E-state index contributed by atoms with van der Waals surface area (Å²) in [7, 11) is 0. The highest BCUT2D eigenvalue weighted by Gasteiger charge is 2.09. The van der Waals surface area contributed by atoms with Gasteiger partial charge in [0.1, 0.15) is 5.75 Å². The van der Waals surface area contributed by atoms with Gasteiger partial charge in [-0.2, -0.15) is 0 Å². The predicted molar refractivity (Wildman–Crippen MR) is 98.9 cm³/mol. The fourth-order valence-electron chi connectivity index (χ4n) is 2.22. The number of rotatable bonds is 8. The summed E-state index contributed by atoms with van der Waals surface area (Å²) in [6.45, 7) is 6.18. The van der Waals surface area contributed by atoms with Gasteiger partial charge in [0.15, 0.2) is 6.61 Å². The number of benzene rings is 1. The highest BCUT2D eigenvalue weighted by Crippen LogP contribution is 2.19. The van der Waals surface area contributed by atoms with Crippen LogP contribution in [0.15, 0.2) is 24.3 Å². The highest BCUT2D eigenvalue weighted by atomic mass is 32.1. The van der Waals surface area contributed by atoms with E-state index in [2.05, 4.69) is 15.6 Å². The first kappa shape index (κ1) is 18.9. The zero-order valence-electron chi connectivity index (χ0n) is 14.7. The van der Waals surface area contributed by atoms with Gasteiger partial charge in [-0.3, -0.25) is 9.59 Å². The van der Waals surface area contributed by atoms with Crippen molar-refractivity contribution in [3.63, 3.8) is 0 Å². The molecule has 2 amide bonds. The third-order valence-corrected chi connectivity index (χ3v) is 4.49. The molecule has 0 atom stereocenters. The van der Waals surface area contributed by atoms with E-state index >= 15 is 0 Å². The second-order valence-corrected chi connectivity index (χ2v) is 6.74. The zero-order valence-corrected chi connectivity index (χ0v) is 15.5. The van der Waals surface area contributed by atoms with Crippen molar-refractivity contribution < 1.29 is 14.3 Å². The molecule has 2 aromatic rings. The summed E-state index contributed by atoms with van der Waals surface area (Å²) >= 11 is 1.60. The molecule has 0 saturated carbocycles. The van der Waals surface area contributed by atoms with Crippen LogP contribution in [-0.2, 0) is 22.6 Å². The molecule has 0 unspecified atom stereocenters. The molecule has 0 fully saturated rings. The van der Waals surface area contributed by atoms with Gasteiger partial charge in [0.25, 0.3) is 5.91 Å². The molecule has 0 aliphatic carbocycles. The Labute approximate surface area is 151 Å². The molecule has 0 aliphatic rings. The van der Waals surface area contributed by atoms with Crippen molar-refractivity contribution in [2.24, 2.45) is 0 Å². The molecule has 2 N–H and O–H groups in total. The molecule has 1 aromatic carbocycles. The summed E-state index contributed by atoms with van der Waals surface area (Å²) in [5.41, 5.74) is 1.68. The SMILES string of the molecule is CCC(=O)Nc1cccc(OCC(=O)NCc2sc(C)nc2CC)c1. The van der Waals surface area contributed by atoms with Gasteiger partial charge in [-0.1, -0.05) is 19.9 Å². The molecule has 0 spiro atoms. The Morgan fingerprint density at radius 2 is 2.04 bits per heavy atom. The van der Waals surface area contributed by atoms with Crippen molar-refractivity contribution in [2.45, 2.75) is 40.2 Å². The molecule has 0 radical (unpaired) electrons. The topological polar surface area (TPSA) is 80.3 Å². The van der Waals surface area contributed by atoms with Crippen molar-refractivity contribution in [3.8, 4) is 5.75 Å². The number of anilines is 1. The van der Waals surface area contributed by atoms with E-state index in [0.29, 0.717) is 24.4 Å². The van der Waals surface area contributed by atoms with Gasteiger partial charge >= 0.3 is 0 Å². The van der Waals surface area contributed by atoms with E-state index in [4.69, 9.17) is 4.74 Å². The number of thiazole rings is 1. The second kappa shape index (κ2) is 9.17. The van der Waals surface area contributed by atoms with E-state index in [-0.39, 0.29) is 18.4 Å². The molecule has 0 aliphatic heterocycles. The third-order valence-electron chi connectivity index (χ3n) is 3.48. The summed E-state index contributed by atoms with van der Waals surface area (Å²) in [6.07, 6.45) is 1.26. The van der Waals surface area contributed by atoms with E-state index in [1.165, 1.54) is 0 Å². The van der Waals surface area contributed by atoms with Crippen LogP contribution in [0.3, 0.4) is 0 Å². The van der Waals surface area contributed by atoms with Crippen LogP contribution in [0.5, 0.6) is 5.75 Å². The Hall–Kier alpha value is -2.41. The number of hydrogen-bond acceptors (Lipinski definition) is 5. The molecule has 7 heteroatoms. The molecule has 0 saturated heterocycles. The van der Waals surface area contributed by atoms with Crippen molar-refractivity contribution >= 4 is 28.8 Å². The van der Waals surface area contributed by atoms with Crippen molar-refractivity contribution in [3.05, 3.63) is 39.8 Å². The van der Waals surface area contributed by atoms with Crippen LogP contribution >= 0.6 is 11.3 Å². The van der Waals surface area contributed by atoms with Crippen LogP contribution in [0.25, 0.3) is 0 Å². The predicted octanol–water partition coefficient (Wildman–Crippen LogP) is 3.06. The van der Waals surface area contributed by atoms with E-state index in [9.17, 15) is 9.59 Å². The van der Waals surface area contributed by atoms with Crippen molar-refractivity contribution in [2.75, 3.05) is 11.9 Å². The number of nitrogens with one attached hydrogen (secondary N) is 2. The minimum atomic E-state index is -0.198. The maximum Gasteiger partial charge on any atom is 0.258 e. The molecular formula is C18H23N3O3S. The van der Waals surface area contributed by atoms with Crippen LogP contribution in [0, 0.1) is 6.92 Å². The van der Waals surface area contributed by atoms with Gasteiger partial charge in [0.2, 0.25) is 5.91 Å². The molecule has 1 aromatic heterocycles. The maximum absolute atomic E-state index is 12.0. The van der Waals surface area contributed by atoms with Gasteiger partial charge in [-0.05, 0) is 25.5 Å². The minimum Gasteiger partial charge on any atom is -0.484 e. The third kappa shape index (κ3) is 5.86. The molecule has 0 bridgehead atoms. The molecule has 6 nitrogen and oxygen atoms in total. The lowest BCUT2D eigenvalue weighted by Gasteiger charge is -2.09. The summed E-state index contributed by atoms with van der Waals surface area (Å²) < 4.78 is 5.50. The first-order chi connectivity index (χ1) is 12.0. The lowest BCUT2D eigenvalue weighted by atomic mass is 10.3. The van der Waals surface area contributed by atoms with Crippen LogP contribution in [0.4, 0.5) is 5.69 Å². The number of hydrogen-bond donors (Lipinski definition) is 2. The zero-order chi connectivity index (χ0) is 18.2. The number of aromatic nitrogens is 1. The van der Waals surface area contributed by atoms with Gasteiger partial charge in [0, 0.05) is 23.1 Å². The average molecular weight is 361 g/mol. The fraction of sp³-hybridized carbons (Fsp3) is 0.389. The Morgan fingerprint density at radius 1 is 1.24 bits per heavy atom. The Morgan fingerprint density at radius 3 is 2.76 bits per heavy atom. The number of nitrogens with zero attached hydrogens (tertiary/aromatic N) is 1. The van der Waals surface area contributed by atoms with Gasteiger partial charge in [0.05, 0.1) is 17.2 Å². The number of carbonyl (C=O) groups is 2. The van der Waals surface area contributed by atoms with Gasteiger partial charge in [-0.25, -0.2) is 4.98 Å². The Kier molecular flexibility index (Phi) is 6.94. The van der Waals surface area contributed by atoms with Gasteiger partial charge in [-0.15, -0.1) is 11.3 Å². The number of ether oxygens (including phenoxy) is 1. The summed E-state index contributed by atoms with van der Waals surface area (Å²) in [5, 5.41) is 6.61. The van der Waals surface area contributed by atoms with Crippen LogP contribution < -0.4 is 15.4 Å². The van der Waals surface area contributed by atoms with E-state index in [0.717, 1.165) is 22.0 Å². The molecule has 2 rings (SSSR count). The summed E-state index contributed by atoms with van der Waals surface area (Å²) in [5.74, 6) is 0.268. The van der Waals surface area contributed by atoms with E-state index < -0.39 is 0 Å². The average Bonchev–Trinajstić information content (AvgIpc) is 2.98. The molecule has 134 valence electrons. The lowest BCUT2D eigenvalue weighted by Crippen LogP contribution is -2.28. The first-order valence-corrected chi connectivity index (χ1v) is 9.08. The quantitative estimate of drug-likeness (QED) is 0.757. The Balaban J connectivity index is 1.83. The maximum atomic E-state index is 12.0. The fourth-order valence-corrected chi connectivity index (χ4v) is 3.18. The summed E-state index contributed by atoms with van der Waals surface area (Å²) in [4.78, 5) is 28.9. The standard InChI is InChI=1S/C18H23N3O3S/c1-4-15-16(25-12(3)20-15)10-19-18(23)11-24-14-8-6-7-13(9-14)21-17(22)5-2/h6-9H,4-5,10-11H2,1-3H3,(H,19,23)(H,21,22). The molecule has 1 heterocycles. The lowest BCUT2D eigenvalue weighted by molar-refractivity contribution is -0.123. The minimum absolute atomic E-state index is 0.0681. The van der Waals surface area contributed by atoms with E-state index in [1.807, 2.05) is 13.8 Å². The highest BCUT2D eigenvalue weighted by molar-refractivity contribution is 7.11. The first-order valence-electron chi connectivity index (χ1n) is 8.26. The largest absolute Gasteiger partial charge is 0.484 e. The second-order valence-electron chi connectivity index (χ2n) is 5.45. The van der Waals surface area contributed by atoms with Crippen molar-refractivity contribution in [1.82, 2.24) is 10.3 Å². The number of aryl methyl sites for hydroxylation is 2. The normalized spacial score (nSPS) is 10.4. The monoisotopic (exact) mass is 361 g/mol. The van der Waals surface area contributed by atoms with Crippen LogP contribution in [-0.4, -0.2) is 23.4 Å². The molecule has 25 heavy (non-hydrogen) atoms.